The molecule has 1 heterocycles. The lowest BCUT2D eigenvalue weighted by atomic mass is 9.44. The highest BCUT2D eigenvalue weighted by atomic mass is 16.3. The molecule has 4 saturated carbocycles. The molecule has 1 saturated heterocycles. The summed E-state index contributed by atoms with van der Waals surface area (Å²) in [6.45, 7) is 13.2. The third kappa shape index (κ3) is 7.38. The molecule has 4 N–H and O–H groups in total. The Morgan fingerprint density at radius 1 is 0.880 bits per heavy atom. The summed E-state index contributed by atoms with van der Waals surface area (Å²) >= 11 is 0. The molecule has 9 nitrogen and oxygen atoms in total. The van der Waals surface area contributed by atoms with E-state index in [-0.39, 0.29) is 52.7 Å². The number of hydrogen-bond acceptors (Lipinski definition) is 6. The number of nitrogens with one attached hydrogen (secondary N) is 2. The highest BCUT2D eigenvalue weighted by molar-refractivity contribution is 5.92. The molecule has 11 atom stereocenters. The SMILES string of the molecule is CCC(=O)N[C@@H](CC(C)C)C(=O)N[C@@H](Cc1ccccc1)C(=O)N1CCN([C@H]2C[C@@]3(C)[C@@H](CC[C@@H]4[C@@H]3CC[C@]3(C)[C@@H](O)CC[C@@H]43)C[C@@H]2O)CC1. The predicted octanol–water partition coefficient (Wildman–Crippen LogP) is 4.54. The number of piperazine rings is 1. The van der Waals surface area contributed by atoms with Gasteiger partial charge in [0.15, 0.2) is 0 Å². The van der Waals surface area contributed by atoms with Gasteiger partial charge in [-0.3, -0.25) is 19.3 Å². The fourth-order valence-electron chi connectivity index (χ4n) is 11.4. The molecular formula is C41H64N4O5. The first-order valence-corrected chi connectivity index (χ1v) is 19.9. The molecule has 1 aromatic rings. The monoisotopic (exact) mass is 692 g/mol. The first-order chi connectivity index (χ1) is 23.8. The molecule has 50 heavy (non-hydrogen) atoms. The van der Waals surface area contributed by atoms with Gasteiger partial charge in [-0.05, 0) is 104 Å². The Balaban J connectivity index is 1.12. The van der Waals surface area contributed by atoms with E-state index in [0.717, 1.165) is 37.7 Å². The zero-order valence-corrected chi connectivity index (χ0v) is 31.3. The van der Waals surface area contributed by atoms with E-state index in [1.165, 1.54) is 19.3 Å². The third-order valence-electron chi connectivity index (χ3n) is 14.3. The van der Waals surface area contributed by atoms with Gasteiger partial charge < -0.3 is 25.7 Å². The average Bonchev–Trinajstić information content (AvgIpc) is 3.41. The van der Waals surface area contributed by atoms with E-state index < -0.39 is 12.1 Å². The Bertz CT molecular complexity index is 1350. The molecule has 9 heteroatoms. The smallest absolute Gasteiger partial charge is 0.245 e. The molecule has 0 bridgehead atoms. The maximum absolute atomic E-state index is 14.2. The second-order valence-electron chi connectivity index (χ2n) is 17.6. The summed E-state index contributed by atoms with van der Waals surface area (Å²) in [7, 11) is 0. The molecule has 4 aliphatic carbocycles. The van der Waals surface area contributed by atoms with Crippen molar-refractivity contribution in [3.05, 3.63) is 35.9 Å². The van der Waals surface area contributed by atoms with Crippen molar-refractivity contribution >= 4 is 17.7 Å². The predicted molar refractivity (Wildman–Crippen MR) is 195 cm³/mol. The van der Waals surface area contributed by atoms with Crippen molar-refractivity contribution in [1.29, 1.82) is 0 Å². The van der Waals surface area contributed by atoms with E-state index >= 15 is 0 Å². The van der Waals surface area contributed by atoms with Crippen molar-refractivity contribution in [1.82, 2.24) is 20.4 Å². The van der Waals surface area contributed by atoms with Crippen LogP contribution in [0.15, 0.2) is 30.3 Å². The van der Waals surface area contributed by atoms with Crippen molar-refractivity contribution in [2.24, 2.45) is 40.4 Å². The van der Waals surface area contributed by atoms with Gasteiger partial charge in [0.2, 0.25) is 17.7 Å². The Kier molecular flexibility index (Phi) is 11.4. The van der Waals surface area contributed by atoms with Gasteiger partial charge in [-0.2, -0.15) is 0 Å². The first-order valence-electron chi connectivity index (χ1n) is 19.9. The first kappa shape index (κ1) is 37.3. The molecule has 0 aromatic heterocycles. The van der Waals surface area contributed by atoms with E-state index in [4.69, 9.17) is 0 Å². The third-order valence-corrected chi connectivity index (χ3v) is 14.3. The molecule has 5 aliphatic rings. The summed E-state index contributed by atoms with van der Waals surface area (Å²) in [5, 5.41) is 28.4. The highest BCUT2D eigenvalue weighted by Gasteiger charge is 2.61. The Labute approximate surface area is 300 Å². The summed E-state index contributed by atoms with van der Waals surface area (Å²) in [6, 6.07) is 8.42. The lowest BCUT2D eigenvalue weighted by Gasteiger charge is -2.62. The van der Waals surface area contributed by atoms with Crippen LogP contribution in [0.3, 0.4) is 0 Å². The number of hydrogen-bond donors (Lipinski definition) is 4. The van der Waals surface area contributed by atoms with Crippen LogP contribution in [-0.2, 0) is 20.8 Å². The van der Waals surface area contributed by atoms with Crippen LogP contribution in [0.1, 0.15) is 104 Å². The summed E-state index contributed by atoms with van der Waals surface area (Å²) in [4.78, 5) is 44.4. The van der Waals surface area contributed by atoms with Crippen LogP contribution in [0.5, 0.6) is 0 Å². The number of nitrogens with zero attached hydrogens (tertiary/aromatic N) is 2. The number of carbonyl (C=O) groups excluding carboxylic acids is 3. The van der Waals surface area contributed by atoms with Gasteiger partial charge >= 0.3 is 0 Å². The van der Waals surface area contributed by atoms with Crippen LogP contribution in [0.4, 0.5) is 0 Å². The van der Waals surface area contributed by atoms with Crippen molar-refractivity contribution in [2.45, 2.75) is 136 Å². The van der Waals surface area contributed by atoms with E-state index in [0.29, 0.717) is 69.1 Å². The lowest BCUT2D eigenvalue weighted by Crippen LogP contribution is -2.63. The Morgan fingerprint density at radius 2 is 1.58 bits per heavy atom. The number of carbonyl (C=O) groups is 3. The van der Waals surface area contributed by atoms with Gasteiger partial charge in [0.05, 0.1) is 12.2 Å². The number of benzene rings is 1. The molecule has 0 unspecified atom stereocenters. The van der Waals surface area contributed by atoms with Crippen molar-refractivity contribution in [3.63, 3.8) is 0 Å². The quantitative estimate of drug-likeness (QED) is 0.286. The zero-order chi connectivity index (χ0) is 35.8. The van der Waals surface area contributed by atoms with Gasteiger partial charge in [-0.15, -0.1) is 0 Å². The largest absolute Gasteiger partial charge is 0.393 e. The minimum Gasteiger partial charge on any atom is -0.393 e. The average molecular weight is 693 g/mol. The lowest BCUT2D eigenvalue weighted by molar-refractivity contribution is -0.157. The number of rotatable bonds is 10. The minimum atomic E-state index is -0.741. The summed E-state index contributed by atoms with van der Waals surface area (Å²) in [6.07, 6.45) is 9.29. The Hall–Kier alpha value is -2.49. The number of aliphatic hydroxyl groups is 2. The van der Waals surface area contributed by atoms with Crippen LogP contribution >= 0.6 is 0 Å². The standard InChI is InChI=1S/C41H64N4O5/c1-6-37(48)42-32(22-26(2)3)38(49)43-33(23-27-10-8-7-9-11-27)39(50)45-20-18-44(19-21-45)34-25-41(5)28(24-35(34)46)12-13-29-30-14-15-36(47)40(30,4)17-16-31(29)41/h7-11,26,28-36,46-47H,6,12-25H2,1-5H3,(H,42,48)(H,43,49)/t28-,29-,30-,31-,32-,33-,34-,35-,36-,40-,41-/m0/s1. The van der Waals surface area contributed by atoms with E-state index in [9.17, 15) is 24.6 Å². The maximum Gasteiger partial charge on any atom is 0.245 e. The summed E-state index contributed by atoms with van der Waals surface area (Å²) in [5.74, 6) is 2.07. The van der Waals surface area contributed by atoms with Gasteiger partial charge in [0.25, 0.3) is 0 Å². The van der Waals surface area contributed by atoms with Crippen molar-refractivity contribution in [2.75, 3.05) is 26.2 Å². The van der Waals surface area contributed by atoms with Crippen LogP contribution in [0.25, 0.3) is 0 Å². The molecule has 6 rings (SSSR count). The van der Waals surface area contributed by atoms with E-state index in [1.807, 2.05) is 49.1 Å². The maximum atomic E-state index is 14.2. The molecule has 0 spiro atoms. The number of fused-ring (bicyclic) bond motifs is 5. The second-order valence-corrected chi connectivity index (χ2v) is 17.6. The zero-order valence-electron chi connectivity index (χ0n) is 31.3. The van der Waals surface area contributed by atoms with Crippen LogP contribution in [0, 0.1) is 40.4 Å². The molecule has 278 valence electrons. The normalized spacial score (nSPS) is 36.9. The van der Waals surface area contributed by atoms with Crippen LogP contribution in [0.2, 0.25) is 0 Å². The molecule has 0 radical (unpaired) electrons. The fourth-order valence-corrected chi connectivity index (χ4v) is 11.4. The molecule has 1 aliphatic heterocycles. The number of amides is 3. The van der Waals surface area contributed by atoms with Crippen LogP contribution in [-0.4, -0.2) is 94.2 Å². The molecule has 1 aromatic carbocycles. The highest BCUT2D eigenvalue weighted by Crippen LogP contribution is 2.66. The van der Waals surface area contributed by atoms with Crippen molar-refractivity contribution < 1.29 is 24.6 Å². The second kappa shape index (κ2) is 15.2. The summed E-state index contributed by atoms with van der Waals surface area (Å²) in [5.41, 5.74) is 1.22. The van der Waals surface area contributed by atoms with Gasteiger partial charge in [0, 0.05) is 45.1 Å². The van der Waals surface area contributed by atoms with E-state index in [1.54, 1.807) is 6.92 Å². The molecule has 3 amide bonds. The fraction of sp³-hybridized carbons (Fsp3) is 0.780. The Morgan fingerprint density at radius 3 is 2.26 bits per heavy atom. The molecular weight excluding hydrogens is 628 g/mol. The minimum absolute atomic E-state index is 0.0669. The van der Waals surface area contributed by atoms with Crippen molar-refractivity contribution in [3.8, 4) is 0 Å². The topological polar surface area (TPSA) is 122 Å². The van der Waals surface area contributed by atoms with E-state index in [2.05, 4.69) is 29.4 Å². The van der Waals surface area contributed by atoms with Gasteiger partial charge in [-0.25, -0.2) is 0 Å². The molecule has 5 fully saturated rings. The van der Waals surface area contributed by atoms with Crippen LogP contribution < -0.4 is 10.6 Å². The summed E-state index contributed by atoms with van der Waals surface area (Å²) < 4.78 is 0. The number of aliphatic hydroxyl groups excluding tert-OH is 2. The van der Waals surface area contributed by atoms with Gasteiger partial charge in [0.1, 0.15) is 12.1 Å². The van der Waals surface area contributed by atoms with Gasteiger partial charge in [-0.1, -0.05) is 65.0 Å².